The molecule has 0 saturated heterocycles. The van der Waals surface area contributed by atoms with Crippen molar-refractivity contribution in [3.8, 4) is 0 Å². The second kappa shape index (κ2) is 4.28. The normalized spacial score (nSPS) is 11.2. The van der Waals surface area contributed by atoms with Crippen molar-refractivity contribution in [2.45, 2.75) is 4.90 Å². The molecule has 0 spiro atoms. The number of amides is 1. The average molecular weight is 229 g/mol. The van der Waals surface area contributed by atoms with Crippen molar-refractivity contribution in [2.24, 2.45) is 5.73 Å². The van der Waals surface area contributed by atoms with Gasteiger partial charge in [0, 0.05) is 0 Å². The average Bonchev–Trinajstić information content (AvgIpc) is 2.15. The molecular formula is C8H11N3O3S. The quantitative estimate of drug-likeness (QED) is 0.576. The van der Waals surface area contributed by atoms with E-state index in [1.807, 2.05) is 4.72 Å². The summed E-state index contributed by atoms with van der Waals surface area (Å²) in [5.41, 5.74) is 10.4. The van der Waals surface area contributed by atoms with Gasteiger partial charge < -0.3 is 11.5 Å². The predicted octanol–water partition coefficient (Wildman–Crippen LogP) is -0.968. The zero-order chi connectivity index (χ0) is 11.5. The Hall–Kier alpha value is -1.60. The molecule has 6 nitrogen and oxygen atoms in total. The molecule has 0 aliphatic rings. The van der Waals surface area contributed by atoms with Crippen LogP contribution in [-0.2, 0) is 14.8 Å². The largest absolute Gasteiger partial charge is 0.398 e. The van der Waals surface area contributed by atoms with Crippen molar-refractivity contribution >= 4 is 21.6 Å². The number of carbonyl (C=O) groups excluding carboxylic acids is 1. The number of nitrogen functional groups attached to an aromatic ring is 1. The number of rotatable bonds is 4. The first kappa shape index (κ1) is 11.5. The van der Waals surface area contributed by atoms with Crippen LogP contribution in [0.15, 0.2) is 29.2 Å². The number of benzene rings is 1. The molecule has 0 atom stereocenters. The van der Waals surface area contributed by atoms with Gasteiger partial charge in [0.1, 0.15) is 4.90 Å². The fraction of sp³-hybridized carbons (Fsp3) is 0.125. The van der Waals surface area contributed by atoms with Gasteiger partial charge in [0.2, 0.25) is 15.9 Å². The van der Waals surface area contributed by atoms with Crippen LogP contribution in [0.3, 0.4) is 0 Å². The van der Waals surface area contributed by atoms with E-state index in [0.717, 1.165) is 0 Å². The number of sulfonamides is 1. The fourth-order valence-electron chi connectivity index (χ4n) is 0.969. The van der Waals surface area contributed by atoms with Crippen molar-refractivity contribution in [3.63, 3.8) is 0 Å². The molecule has 1 rings (SSSR count). The topological polar surface area (TPSA) is 115 Å². The molecule has 1 aromatic rings. The SMILES string of the molecule is NC(=O)CNS(=O)(=O)c1ccccc1N. The van der Waals surface area contributed by atoms with E-state index in [2.05, 4.69) is 0 Å². The van der Waals surface area contributed by atoms with Crippen LogP contribution in [0.1, 0.15) is 0 Å². The summed E-state index contributed by atoms with van der Waals surface area (Å²) in [6, 6.07) is 5.95. The van der Waals surface area contributed by atoms with Crippen LogP contribution in [0.4, 0.5) is 5.69 Å². The first-order valence-corrected chi connectivity index (χ1v) is 5.54. The number of nitrogens with two attached hydrogens (primary N) is 2. The number of primary amides is 1. The summed E-state index contributed by atoms with van der Waals surface area (Å²) in [7, 11) is -3.76. The number of hydrogen-bond acceptors (Lipinski definition) is 4. The molecule has 15 heavy (non-hydrogen) atoms. The fourth-order valence-corrected chi connectivity index (χ4v) is 2.09. The highest BCUT2D eigenvalue weighted by Crippen LogP contribution is 2.16. The first-order valence-electron chi connectivity index (χ1n) is 4.06. The molecule has 0 bridgehead atoms. The number of carbonyl (C=O) groups is 1. The summed E-state index contributed by atoms with van der Waals surface area (Å²) in [5.74, 6) is -0.756. The molecule has 5 N–H and O–H groups in total. The summed E-state index contributed by atoms with van der Waals surface area (Å²) >= 11 is 0. The Balaban J connectivity index is 2.97. The van der Waals surface area contributed by atoms with E-state index in [1.54, 1.807) is 6.07 Å². The molecular weight excluding hydrogens is 218 g/mol. The third kappa shape index (κ3) is 2.93. The standard InChI is InChI=1S/C8H11N3O3S/c9-6-3-1-2-4-7(6)15(13,14)11-5-8(10)12/h1-4,11H,5,9H2,(H2,10,12). The Bertz CT molecular complexity index is 470. The van der Waals surface area contributed by atoms with Crippen LogP contribution < -0.4 is 16.2 Å². The summed E-state index contributed by atoms with van der Waals surface area (Å²) in [6.45, 7) is -0.448. The molecule has 1 amide bonds. The lowest BCUT2D eigenvalue weighted by Gasteiger charge is -2.06. The van der Waals surface area contributed by atoms with E-state index in [4.69, 9.17) is 11.5 Å². The lowest BCUT2D eigenvalue weighted by atomic mass is 10.3. The monoisotopic (exact) mass is 229 g/mol. The van der Waals surface area contributed by atoms with Crippen LogP contribution in [0.25, 0.3) is 0 Å². The van der Waals surface area contributed by atoms with Gasteiger partial charge in [-0.15, -0.1) is 0 Å². The van der Waals surface area contributed by atoms with Gasteiger partial charge in [-0.1, -0.05) is 12.1 Å². The van der Waals surface area contributed by atoms with Crippen LogP contribution in [-0.4, -0.2) is 20.9 Å². The minimum Gasteiger partial charge on any atom is -0.398 e. The van der Waals surface area contributed by atoms with Gasteiger partial charge in [-0.05, 0) is 12.1 Å². The Morgan fingerprint density at radius 3 is 2.47 bits per heavy atom. The third-order valence-corrected chi connectivity index (χ3v) is 3.12. The zero-order valence-corrected chi connectivity index (χ0v) is 8.62. The molecule has 0 saturated carbocycles. The van der Waals surface area contributed by atoms with Crippen molar-refractivity contribution in [2.75, 3.05) is 12.3 Å². The number of hydrogen-bond donors (Lipinski definition) is 3. The maximum Gasteiger partial charge on any atom is 0.243 e. The summed E-state index contributed by atoms with van der Waals surface area (Å²) in [6.07, 6.45) is 0. The van der Waals surface area contributed by atoms with Gasteiger partial charge in [-0.25, -0.2) is 13.1 Å². The minimum atomic E-state index is -3.76. The van der Waals surface area contributed by atoms with Crippen LogP contribution in [0, 0.1) is 0 Å². The molecule has 0 radical (unpaired) electrons. The van der Waals surface area contributed by atoms with Crippen LogP contribution >= 0.6 is 0 Å². The highest BCUT2D eigenvalue weighted by Gasteiger charge is 2.16. The van der Waals surface area contributed by atoms with Gasteiger partial charge in [-0.2, -0.15) is 0 Å². The molecule has 0 aliphatic carbocycles. The first-order chi connectivity index (χ1) is 6.93. The Kier molecular flexibility index (Phi) is 3.28. The van der Waals surface area contributed by atoms with Crippen LogP contribution in [0.2, 0.25) is 0 Å². The highest BCUT2D eigenvalue weighted by atomic mass is 32.2. The van der Waals surface area contributed by atoms with E-state index in [0.29, 0.717) is 0 Å². The molecule has 1 aromatic carbocycles. The van der Waals surface area contributed by atoms with Crippen molar-refractivity contribution in [3.05, 3.63) is 24.3 Å². The van der Waals surface area contributed by atoms with E-state index < -0.39 is 22.5 Å². The third-order valence-electron chi connectivity index (χ3n) is 1.64. The predicted molar refractivity (Wildman–Crippen MR) is 55.2 cm³/mol. The summed E-state index contributed by atoms with van der Waals surface area (Å²) in [5, 5.41) is 0. The second-order valence-electron chi connectivity index (χ2n) is 2.83. The second-order valence-corrected chi connectivity index (χ2v) is 4.56. The molecule has 0 aliphatic heterocycles. The van der Waals surface area contributed by atoms with Crippen molar-refractivity contribution in [1.82, 2.24) is 4.72 Å². The van der Waals surface area contributed by atoms with Gasteiger partial charge in [0.15, 0.2) is 0 Å². The van der Waals surface area contributed by atoms with Crippen LogP contribution in [0.5, 0.6) is 0 Å². The highest BCUT2D eigenvalue weighted by molar-refractivity contribution is 7.89. The summed E-state index contributed by atoms with van der Waals surface area (Å²) < 4.78 is 25.2. The number of anilines is 1. The van der Waals surface area contributed by atoms with E-state index >= 15 is 0 Å². The van der Waals surface area contributed by atoms with E-state index in [-0.39, 0.29) is 10.6 Å². The smallest absolute Gasteiger partial charge is 0.243 e. The molecule has 0 aromatic heterocycles. The van der Waals surface area contributed by atoms with Gasteiger partial charge in [0.25, 0.3) is 0 Å². The van der Waals surface area contributed by atoms with Crippen molar-refractivity contribution in [1.29, 1.82) is 0 Å². The molecule has 0 fully saturated rings. The Morgan fingerprint density at radius 2 is 1.93 bits per heavy atom. The van der Waals surface area contributed by atoms with E-state index in [1.165, 1.54) is 18.2 Å². The lowest BCUT2D eigenvalue weighted by molar-refractivity contribution is -0.116. The number of para-hydroxylation sites is 1. The zero-order valence-electron chi connectivity index (χ0n) is 7.80. The van der Waals surface area contributed by atoms with E-state index in [9.17, 15) is 13.2 Å². The molecule has 7 heteroatoms. The van der Waals surface area contributed by atoms with Gasteiger partial charge >= 0.3 is 0 Å². The molecule has 82 valence electrons. The van der Waals surface area contributed by atoms with Gasteiger partial charge in [-0.3, -0.25) is 4.79 Å². The Morgan fingerprint density at radius 1 is 1.33 bits per heavy atom. The number of nitrogens with one attached hydrogen (secondary N) is 1. The van der Waals surface area contributed by atoms with Gasteiger partial charge in [0.05, 0.1) is 12.2 Å². The maximum absolute atomic E-state index is 11.6. The lowest BCUT2D eigenvalue weighted by Crippen LogP contribution is -2.33. The summed E-state index contributed by atoms with van der Waals surface area (Å²) in [4.78, 5) is 10.4. The molecule has 0 unspecified atom stereocenters. The Labute approximate surface area is 87.3 Å². The van der Waals surface area contributed by atoms with Crippen molar-refractivity contribution < 1.29 is 13.2 Å². The minimum absolute atomic E-state index is 0.0637. The molecule has 0 heterocycles. The maximum atomic E-state index is 11.6.